The number of phenolic OH excluding ortho intramolecular Hbond substituents is 1. The van der Waals surface area contributed by atoms with E-state index in [1.165, 1.54) is 37.6 Å². The molecule has 6 aliphatic rings. The van der Waals surface area contributed by atoms with Crippen molar-refractivity contribution in [2.45, 2.75) is 127 Å². The van der Waals surface area contributed by atoms with E-state index >= 15 is 8.78 Å². The molecule has 2 N–H and O–H groups in total. The Morgan fingerprint density at radius 1 is 0.974 bits per heavy atom. The van der Waals surface area contributed by atoms with Crippen LogP contribution in [-0.2, 0) is 39.0 Å². The Balaban J connectivity index is 0.000000171. The van der Waals surface area contributed by atoms with Crippen molar-refractivity contribution in [2.75, 3.05) is 64.6 Å². The lowest BCUT2D eigenvalue weighted by Gasteiger charge is -2.52. The predicted molar refractivity (Wildman–Crippen MR) is 285 cm³/mol. The van der Waals surface area contributed by atoms with E-state index in [1.807, 2.05) is 23.6 Å². The van der Waals surface area contributed by atoms with Gasteiger partial charge in [0.15, 0.2) is 5.82 Å². The molecule has 3 aromatic carbocycles. The molecule has 2 atom stereocenters. The molecule has 12 rings (SSSR count). The van der Waals surface area contributed by atoms with E-state index in [-0.39, 0.29) is 58.3 Å². The van der Waals surface area contributed by atoms with Crippen molar-refractivity contribution in [3.63, 3.8) is 0 Å². The summed E-state index contributed by atoms with van der Waals surface area (Å²) in [7, 11) is 3.41. The highest BCUT2D eigenvalue weighted by Gasteiger charge is 2.48. The summed E-state index contributed by atoms with van der Waals surface area (Å²) in [6, 6.07) is 12.9. The molecule has 402 valence electrons. The monoisotopic (exact) mass is 1040 g/mol. The zero-order valence-electron chi connectivity index (χ0n) is 44.1. The molecule has 1 aliphatic carbocycles. The summed E-state index contributed by atoms with van der Waals surface area (Å²) in [5.74, 6) is 0.0159. The lowest BCUT2D eigenvalue weighted by Crippen LogP contribution is -2.48. The Kier molecular flexibility index (Phi) is 14.3. The van der Waals surface area contributed by atoms with Gasteiger partial charge in [-0.05, 0) is 154 Å². The number of phenols is 1. The summed E-state index contributed by atoms with van der Waals surface area (Å²) in [5, 5.41) is 20.5. The molecule has 0 bridgehead atoms. The number of amides is 3. The van der Waals surface area contributed by atoms with Gasteiger partial charge in [0.2, 0.25) is 12.3 Å². The number of methoxy groups -OCH3 is 1. The molecular formula is C58H69F2N9O7. The van der Waals surface area contributed by atoms with E-state index < -0.39 is 5.82 Å². The number of halogens is 2. The number of nitrogens with one attached hydrogen (secondary N) is 1. The van der Waals surface area contributed by atoms with Gasteiger partial charge >= 0.3 is 12.1 Å². The van der Waals surface area contributed by atoms with Gasteiger partial charge in [0, 0.05) is 56.6 Å². The summed E-state index contributed by atoms with van der Waals surface area (Å²) < 4.78 is 51.2. The number of carbonyl (C=O) groups is 3. The molecular weight excluding hydrogens is 973 g/mol. The fourth-order valence-corrected chi connectivity index (χ4v) is 13.6. The quantitative estimate of drug-likeness (QED) is 0.118. The number of rotatable bonds is 11. The van der Waals surface area contributed by atoms with Gasteiger partial charge in [0.1, 0.15) is 35.2 Å². The van der Waals surface area contributed by atoms with Crippen molar-refractivity contribution in [1.29, 1.82) is 0 Å². The maximum Gasteiger partial charge on any atom is 0.409 e. The molecule has 5 fully saturated rings. The number of ether oxygens (including phenoxy) is 3. The SMILES string of the molecule is CCc1c(F)ccc2cc(O)cc(-c3nc4c5c(nc(OCC67CCCN6CCC7)nc5c3F)N3CCCOCC3CC4)c12.COC(=O)N1CCC2(CC1)CC(c1ccc3c(C(C)CCC(=O)NC=O)nn(C)c3c1)C2. The normalized spacial score (nSPS) is 20.3. The minimum absolute atomic E-state index is 0.0143. The highest BCUT2D eigenvalue weighted by molar-refractivity contribution is 6.02. The third kappa shape index (κ3) is 9.57. The molecule has 1 spiro atoms. The Hall–Kier alpha value is -6.53. The predicted octanol–water partition coefficient (Wildman–Crippen LogP) is 9.40. The van der Waals surface area contributed by atoms with Crippen molar-refractivity contribution in [1.82, 2.24) is 39.8 Å². The van der Waals surface area contributed by atoms with E-state index in [2.05, 4.69) is 40.2 Å². The number of pyridine rings is 1. The molecule has 8 heterocycles. The summed E-state index contributed by atoms with van der Waals surface area (Å²) in [5.41, 5.74) is 5.50. The Labute approximate surface area is 441 Å². The molecule has 5 aliphatic heterocycles. The average Bonchev–Trinajstić information content (AvgIpc) is 4.01. The number of anilines is 1. The first-order valence-corrected chi connectivity index (χ1v) is 27.4. The molecule has 0 radical (unpaired) electrons. The second-order valence-corrected chi connectivity index (χ2v) is 22.2. The van der Waals surface area contributed by atoms with E-state index in [1.54, 1.807) is 12.1 Å². The molecule has 16 nitrogen and oxygen atoms in total. The second-order valence-electron chi connectivity index (χ2n) is 22.2. The standard InChI is InChI=1S/C34H37F2N5O3.C24H32N4O4/c1-2-23-25(35)8-6-20-16-22(42)17-24(27(20)23)30-29(36)31-28-26(37-30)9-7-21-18-43-15-5-14-41(21)32(28)39-33(38-31)44-19-34-10-3-12-40(34)13-4-11-34;1-16(4-7-21(30)25-15-29)22-19-6-5-17(12-20(19)27(2)26-22)18-13-24(14-18)8-10-28(11-9-24)23(31)32-3/h6,8,16-17,21,42H,2-5,7,9-15,18-19H2,1H3;5-6,12,15-16,18H,4,7-11,13-14H2,1-3H3,(H,25,29,30). The number of aromatic nitrogens is 5. The van der Waals surface area contributed by atoms with Gasteiger partial charge < -0.3 is 29.1 Å². The Morgan fingerprint density at radius 3 is 2.51 bits per heavy atom. The van der Waals surface area contributed by atoms with Gasteiger partial charge in [-0.3, -0.25) is 24.5 Å². The van der Waals surface area contributed by atoms with Gasteiger partial charge in [-0.15, -0.1) is 0 Å². The zero-order chi connectivity index (χ0) is 52.9. The van der Waals surface area contributed by atoms with Crippen LogP contribution in [0.4, 0.5) is 19.4 Å². The van der Waals surface area contributed by atoms with E-state index in [0.717, 1.165) is 101 Å². The fraction of sp³-hybridized carbons (Fsp3) is 0.534. The number of aryl methyl sites for hydroxylation is 3. The van der Waals surface area contributed by atoms with Crippen LogP contribution >= 0.6 is 0 Å². The number of imide groups is 1. The van der Waals surface area contributed by atoms with Crippen LogP contribution < -0.4 is 15.0 Å². The van der Waals surface area contributed by atoms with E-state index in [0.29, 0.717) is 102 Å². The molecule has 3 aromatic heterocycles. The van der Waals surface area contributed by atoms with E-state index in [9.17, 15) is 19.5 Å². The largest absolute Gasteiger partial charge is 0.508 e. The lowest BCUT2D eigenvalue weighted by atomic mass is 9.56. The van der Waals surface area contributed by atoms with Crippen molar-refractivity contribution in [3.05, 3.63) is 76.6 Å². The third-order valence-corrected chi connectivity index (χ3v) is 17.8. The van der Waals surface area contributed by atoms with Crippen LogP contribution in [0, 0.1) is 17.0 Å². The van der Waals surface area contributed by atoms with Crippen LogP contribution in [0.5, 0.6) is 11.8 Å². The Bertz CT molecular complexity index is 3200. The number of carbonyl (C=O) groups excluding carboxylic acids is 3. The minimum Gasteiger partial charge on any atom is -0.508 e. The number of hydrogen-bond donors (Lipinski definition) is 2. The average molecular weight is 1040 g/mol. The van der Waals surface area contributed by atoms with Gasteiger partial charge in [-0.1, -0.05) is 32.0 Å². The van der Waals surface area contributed by atoms with E-state index in [4.69, 9.17) is 34.3 Å². The summed E-state index contributed by atoms with van der Waals surface area (Å²) in [6.45, 7) is 10.1. The van der Waals surface area contributed by atoms with Crippen LogP contribution in [0.25, 0.3) is 43.8 Å². The first-order chi connectivity index (χ1) is 36.8. The molecule has 76 heavy (non-hydrogen) atoms. The topological polar surface area (TPSA) is 177 Å². The van der Waals surface area contributed by atoms with Crippen LogP contribution in [0.15, 0.2) is 42.5 Å². The number of benzene rings is 3. The maximum atomic E-state index is 17.0. The van der Waals surface area contributed by atoms with Crippen molar-refractivity contribution >= 4 is 56.8 Å². The number of piperidine rings is 1. The number of hydrogen-bond acceptors (Lipinski definition) is 13. The van der Waals surface area contributed by atoms with Crippen LogP contribution in [0.2, 0.25) is 0 Å². The molecule has 1 saturated carbocycles. The number of fused-ring (bicyclic) bond motifs is 5. The van der Waals surface area contributed by atoms with Crippen molar-refractivity contribution in [3.8, 4) is 23.0 Å². The number of nitrogens with zero attached hydrogens (tertiary/aromatic N) is 8. The van der Waals surface area contributed by atoms with Gasteiger partial charge in [0.25, 0.3) is 0 Å². The first-order valence-electron chi connectivity index (χ1n) is 27.4. The van der Waals surface area contributed by atoms with Gasteiger partial charge in [-0.25, -0.2) is 18.6 Å². The Morgan fingerprint density at radius 2 is 1.76 bits per heavy atom. The van der Waals surface area contributed by atoms with Crippen molar-refractivity contribution in [2.24, 2.45) is 12.5 Å². The number of aromatic hydroxyl groups is 1. The molecule has 18 heteroatoms. The van der Waals surface area contributed by atoms with Crippen LogP contribution in [0.1, 0.15) is 125 Å². The minimum atomic E-state index is -0.624. The summed E-state index contributed by atoms with van der Waals surface area (Å²) in [6.07, 6.45) is 12.6. The van der Waals surface area contributed by atoms with Gasteiger partial charge in [-0.2, -0.15) is 15.1 Å². The van der Waals surface area contributed by atoms with Gasteiger partial charge in [0.05, 0.1) is 47.6 Å². The summed E-state index contributed by atoms with van der Waals surface area (Å²) >= 11 is 0. The van der Waals surface area contributed by atoms with Crippen molar-refractivity contribution < 1.29 is 42.5 Å². The number of likely N-dealkylation sites (tertiary alicyclic amines) is 1. The highest BCUT2D eigenvalue weighted by Crippen LogP contribution is 2.57. The molecule has 4 saturated heterocycles. The summed E-state index contributed by atoms with van der Waals surface area (Å²) in [4.78, 5) is 54.9. The highest BCUT2D eigenvalue weighted by atomic mass is 19.1. The fourth-order valence-electron chi connectivity index (χ4n) is 13.6. The lowest BCUT2D eigenvalue weighted by molar-refractivity contribution is -0.125. The zero-order valence-corrected chi connectivity index (χ0v) is 44.1. The van der Waals surface area contributed by atoms with Crippen LogP contribution in [0.3, 0.4) is 0 Å². The first kappa shape index (κ1) is 51.6. The van der Waals surface area contributed by atoms with Crippen LogP contribution in [-0.4, -0.2) is 129 Å². The maximum absolute atomic E-state index is 17.0. The molecule has 2 unspecified atom stereocenters. The third-order valence-electron chi connectivity index (χ3n) is 17.8. The smallest absolute Gasteiger partial charge is 0.409 e. The second kappa shape index (κ2) is 21.1. The molecule has 6 aromatic rings. The molecule has 3 amide bonds.